The van der Waals surface area contributed by atoms with Crippen molar-refractivity contribution in [2.24, 2.45) is 0 Å². The molecule has 1 aliphatic carbocycles. The molecule has 112 valence electrons. The molecule has 1 fully saturated rings. The fraction of sp³-hybridized carbons (Fsp3) is 0.467. The van der Waals surface area contributed by atoms with Crippen molar-refractivity contribution in [3.63, 3.8) is 0 Å². The largest absolute Gasteiger partial charge is 0.383 e. The Morgan fingerprint density at radius 3 is 2.95 bits per heavy atom. The number of nitrogens with zero attached hydrogens (tertiary/aromatic N) is 2. The Balaban J connectivity index is 1.76. The first-order valence-electron chi connectivity index (χ1n) is 7.11. The van der Waals surface area contributed by atoms with Gasteiger partial charge in [-0.05, 0) is 38.0 Å². The van der Waals surface area contributed by atoms with Gasteiger partial charge in [0.25, 0.3) is 5.91 Å². The highest BCUT2D eigenvalue weighted by Gasteiger charge is 2.33. The van der Waals surface area contributed by atoms with Crippen molar-refractivity contribution < 1.29 is 9.53 Å². The van der Waals surface area contributed by atoms with Crippen LogP contribution in [0.15, 0.2) is 18.2 Å². The molecule has 21 heavy (non-hydrogen) atoms. The Kier molecular flexibility index (Phi) is 4.07. The van der Waals surface area contributed by atoms with Crippen molar-refractivity contribution >= 4 is 17.2 Å². The van der Waals surface area contributed by atoms with E-state index in [9.17, 15) is 4.79 Å². The van der Waals surface area contributed by atoms with Crippen molar-refractivity contribution in [2.75, 3.05) is 20.3 Å². The first-order chi connectivity index (χ1) is 10.2. The summed E-state index contributed by atoms with van der Waals surface area (Å²) in [4.78, 5) is 16.8. The molecule has 2 aromatic heterocycles. The molecule has 5 nitrogen and oxygen atoms in total. The molecule has 0 aromatic carbocycles. The summed E-state index contributed by atoms with van der Waals surface area (Å²) in [6.45, 7) is 3.25. The second-order valence-electron chi connectivity index (χ2n) is 5.30. The third-order valence-corrected chi connectivity index (χ3v) is 4.62. The van der Waals surface area contributed by atoms with Crippen molar-refractivity contribution in [1.29, 1.82) is 0 Å². The van der Waals surface area contributed by atoms with Gasteiger partial charge in [-0.1, -0.05) is 0 Å². The average molecular weight is 305 g/mol. The molecule has 1 amide bonds. The van der Waals surface area contributed by atoms with Gasteiger partial charge in [-0.25, -0.2) is 0 Å². The quantitative estimate of drug-likeness (QED) is 0.892. The highest BCUT2D eigenvalue weighted by molar-refractivity contribution is 7.15. The van der Waals surface area contributed by atoms with Gasteiger partial charge in [0.15, 0.2) is 5.69 Å². The number of H-pyrrole nitrogens is 1. The van der Waals surface area contributed by atoms with Crippen molar-refractivity contribution in [1.82, 2.24) is 15.1 Å². The number of thiophene rings is 1. The van der Waals surface area contributed by atoms with E-state index in [0.29, 0.717) is 24.9 Å². The number of aryl methyl sites for hydroxylation is 1. The standard InChI is InChI=1S/C15H19N3O2S/c1-10-3-6-14(21-10)12-9-13(17-16-12)15(19)18(7-8-20-2)11-4-5-11/h3,6,9,11H,4-5,7-8H2,1-2H3,(H,16,17). The summed E-state index contributed by atoms with van der Waals surface area (Å²) in [7, 11) is 1.65. The van der Waals surface area contributed by atoms with E-state index in [1.807, 2.05) is 17.0 Å². The highest BCUT2D eigenvalue weighted by Crippen LogP contribution is 2.29. The van der Waals surface area contributed by atoms with Crippen LogP contribution in [0.1, 0.15) is 28.2 Å². The fourth-order valence-corrected chi connectivity index (χ4v) is 3.14. The van der Waals surface area contributed by atoms with E-state index in [2.05, 4.69) is 23.2 Å². The van der Waals surface area contributed by atoms with E-state index in [4.69, 9.17) is 4.74 Å². The van der Waals surface area contributed by atoms with Crippen molar-refractivity contribution in [2.45, 2.75) is 25.8 Å². The summed E-state index contributed by atoms with van der Waals surface area (Å²) in [5, 5.41) is 7.16. The summed E-state index contributed by atoms with van der Waals surface area (Å²) in [6.07, 6.45) is 2.16. The van der Waals surface area contributed by atoms with Gasteiger partial charge >= 0.3 is 0 Å². The van der Waals surface area contributed by atoms with Gasteiger partial charge < -0.3 is 9.64 Å². The van der Waals surface area contributed by atoms with Gasteiger partial charge in [-0.3, -0.25) is 9.89 Å². The molecule has 0 bridgehead atoms. The molecule has 1 aliphatic rings. The first-order valence-corrected chi connectivity index (χ1v) is 7.93. The number of hydrogen-bond donors (Lipinski definition) is 1. The van der Waals surface area contributed by atoms with Gasteiger partial charge in [0.05, 0.1) is 17.2 Å². The summed E-state index contributed by atoms with van der Waals surface area (Å²) < 4.78 is 5.09. The topological polar surface area (TPSA) is 58.2 Å². The van der Waals surface area contributed by atoms with Gasteiger partial charge in [0.2, 0.25) is 0 Å². The number of methoxy groups -OCH3 is 1. The minimum absolute atomic E-state index is 0.00896. The molecule has 2 aromatic rings. The Morgan fingerprint density at radius 2 is 2.33 bits per heavy atom. The van der Waals surface area contributed by atoms with Crippen LogP contribution in [-0.4, -0.2) is 47.3 Å². The number of hydrogen-bond acceptors (Lipinski definition) is 4. The Morgan fingerprint density at radius 1 is 1.52 bits per heavy atom. The van der Waals surface area contributed by atoms with Gasteiger partial charge in [-0.2, -0.15) is 5.10 Å². The van der Waals surface area contributed by atoms with Crippen molar-refractivity contribution in [3.05, 3.63) is 28.8 Å². The second kappa shape index (κ2) is 5.99. The minimum atomic E-state index is -0.00896. The summed E-state index contributed by atoms with van der Waals surface area (Å²) in [5.41, 5.74) is 1.39. The third kappa shape index (κ3) is 3.16. The molecular weight excluding hydrogens is 286 g/mol. The van der Waals surface area contributed by atoms with E-state index >= 15 is 0 Å². The van der Waals surface area contributed by atoms with Crippen LogP contribution in [0.4, 0.5) is 0 Å². The van der Waals surface area contributed by atoms with Crippen LogP contribution >= 0.6 is 11.3 Å². The smallest absolute Gasteiger partial charge is 0.274 e. The molecule has 1 saturated carbocycles. The predicted octanol–water partition coefficient (Wildman–Crippen LogP) is 2.70. The molecule has 2 heterocycles. The van der Waals surface area contributed by atoms with E-state index in [0.717, 1.165) is 23.4 Å². The lowest BCUT2D eigenvalue weighted by Gasteiger charge is -2.20. The second-order valence-corrected chi connectivity index (χ2v) is 6.59. The third-order valence-electron chi connectivity index (χ3n) is 3.59. The van der Waals surface area contributed by atoms with Crippen LogP contribution in [-0.2, 0) is 4.74 Å². The number of rotatable bonds is 6. The maximum Gasteiger partial charge on any atom is 0.274 e. The molecule has 0 saturated heterocycles. The van der Waals surface area contributed by atoms with Crippen LogP contribution in [0.25, 0.3) is 10.6 Å². The molecule has 0 unspecified atom stereocenters. The molecule has 0 spiro atoms. The zero-order chi connectivity index (χ0) is 14.8. The van der Waals surface area contributed by atoms with E-state index in [-0.39, 0.29) is 5.91 Å². The molecular formula is C15H19N3O2S. The van der Waals surface area contributed by atoms with Crippen LogP contribution < -0.4 is 0 Å². The Labute approximate surface area is 127 Å². The SMILES string of the molecule is COCCN(C(=O)c1cc(-c2ccc(C)s2)[nH]n1)C1CC1. The molecule has 3 rings (SSSR count). The Hall–Kier alpha value is -1.66. The number of carbonyl (C=O) groups is 1. The van der Waals surface area contributed by atoms with E-state index in [1.165, 1.54) is 4.88 Å². The minimum Gasteiger partial charge on any atom is -0.383 e. The molecule has 0 aliphatic heterocycles. The summed E-state index contributed by atoms with van der Waals surface area (Å²) >= 11 is 1.69. The number of aromatic nitrogens is 2. The highest BCUT2D eigenvalue weighted by atomic mass is 32.1. The predicted molar refractivity (Wildman–Crippen MR) is 82.6 cm³/mol. The number of nitrogens with one attached hydrogen (secondary N) is 1. The number of carbonyl (C=O) groups excluding carboxylic acids is 1. The maximum atomic E-state index is 12.6. The molecule has 0 atom stereocenters. The van der Waals surface area contributed by atoms with Gasteiger partial charge in [0.1, 0.15) is 0 Å². The van der Waals surface area contributed by atoms with Crippen LogP contribution in [0.5, 0.6) is 0 Å². The number of aromatic amines is 1. The molecule has 0 radical (unpaired) electrons. The normalized spacial score (nSPS) is 14.4. The summed E-state index contributed by atoms with van der Waals surface area (Å²) in [6, 6.07) is 6.32. The van der Waals surface area contributed by atoms with Crippen molar-refractivity contribution in [3.8, 4) is 10.6 Å². The number of amides is 1. The fourth-order valence-electron chi connectivity index (χ4n) is 2.31. The van der Waals surface area contributed by atoms with E-state index in [1.54, 1.807) is 18.4 Å². The lowest BCUT2D eigenvalue weighted by Crippen LogP contribution is -2.36. The van der Waals surface area contributed by atoms with Gasteiger partial charge in [0, 0.05) is 24.6 Å². The average Bonchev–Trinajstić information content (AvgIpc) is 3.02. The first kappa shape index (κ1) is 14.3. The van der Waals surface area contributed by atoms with E-state index < -0.39 is 0 Å². The molecule has 1 N–H and O–H groups in total. The maximum absolute atomic E-state index is 12.6. The summed E-state index contributed by atoms with van der Waals surface area (Å²) in [5.74, 6) is -0.00896. The van der Waals surface area contributed by atoms with Crippen LogP contribution in [0.3, 0.4) is 0 Å². The zero-order valence-electron chi connectivity index (χ0n) is 12.3. The molecule has 6 heteroatoms. The zero-order valence-corrected chi connectivity index (χ0v) is 13.1. The number of ether oxygens (including phenoxy) is 1. The lowest BCUT2D eigenvalue weighted by molar-refractivity contribution is 0.0674. The Bertz CT molecular complexity index is 630. The lowest BCUT2D eigenvalue weighted by atomic mass is 10.3. The monoisotopic (exact) mass is 305 g/mol. The van der Waals surface area contributed by atoms with Crippen LogP contribution in [0, 0.1) is 6.92 Å². The van der Waals surface area contributed by atoms with Crippen LogP contribution in [0.2, 0.25) is 0 Å². The van der Waals surface area contributed by atoms with Gasteiger partial charge in [-0.15, -0.1) is 11.3 Å².